The molecule has 0 saturated carbocycles. The molecule has 0 radical (unpaired) electrons. The van der Waals surface area contributed by atoms with Crippen molar-refractivity contribution in [2.75, 3.05) is 24.5 Å². The molecule has 1 fully saturated rings. The lowest BCUT2D eigenvalue weighted by Gasteiger charge is -2.32. The molecule has 128 valence electrons. The van der Waals surface area contributed by atoms with E-state index in [0.29, 0.717) is 12.8 Å². The van der Waals surface area contributed by atoms with Gasteiger partial charge in [-0.15, -0.1) is 11.3 Å². The number of aryl methyl sites for hydroxylation is 2. The quantitative estimate of drug-likeness (QED) is 0.874. The summed E-state index contributed by atoms with van der Waals surface area (Å²) < 4.78 is 0. The van der Waals surface area contributed by atoms with E-state index in [4.69, 9.17) is 5.11 Å². The van der Waals surface area contributed by atoms with Gasteiger partial charge in [-0.25, -0.2) is 9.97 Å². The molecule has 1 aliphatic rings. The van der Waals surface area contributed by atoms with Crippen LogP contribution in [0.3, 0.4) is 0 Å². The van der Waals surface area contributed by atoms with Crippen LogP contribution >= 0.6 is 11.3 Å². The number of hydrogen-bond acceptors (Lipinski definition) is 6. The first-order valence-electron chi connectivity index (χ1n) is 7.92. The molecule has 2 aromatic rings. The molecule has 1 saturated heterocycles. The van der Waals surface area contributed by atoms with E-state index in [1.165, 1.54) is 10.4 Å². The number of carbonyl (C=O) groups is 2. The van der Waals surface area contributed by atoms with Crippen molar-refractivity contribution in [2.24, 2.45) is 5.92 Å². The molecule has 0 unspecified atom stereocenters. The average molecular weight is 348 g/mol. The molecule has 0 aromatic carbocycles. The van der Waals surface area contributed by atoms with Crippen molar-refractivity contribution in [3.05, 3.63) is 16.8 Å². The number of nitrogens with one attached hydrogen (secondary N) is 1. The maximum atomic E-state index is 12.0. The lowest BCUT2D eigenvalue weighted by atomic mass is 9.95. The molecule has 0 spiro atoms. The number of aliphatic carboxylic acids is 1. The van der Waals surface area contributed by atoms with Gasteiger partial charge in [-0.2, -0.15) is 0 Å². The summed E-state index contributed by atoms with van der Waals surface area (Å²) in [6, 6.07) is 0. The zero-order chi connectivity index (χ0) is 17.3. The molecule has 0 atom stereocenters. The second-order valence-electron chi connectivity index (χ2n) is 6.03. The lowest BCUT2D eigenvalue weighted by Crippen LogP contribution is -2.42. The van der Waals surface area contributed by atoms with E-state index in [1.54, 1.807) is 17.7 Å². The van der Waals surface area contributed by atoms with Crippen LogP contribution in [-0.4, -0.2) is 46.6 Å². The molecular weight excluding hydrogens is 328 g/mol. The number of hydrogen-bond donors (Lipinski definition) is 2. The molecule has 24 heavy (non-hydrogen) atoms. The second kappa shape index (κ2) is 6.72. The van der Waals surface area contributed by atoms with Gasteiger partial charge in [0.2, 0.25) is 5.91 Å². The van der Waals surface area contributed by atoms with Gasteiger partial charge >= 0.3 is 5.97 Å². The van der Waals surface area contributed by atoms with E-state index >= 15 is 0 Å². The predicted molar refractivity (Wildman–Crippen MR) is 92.5 cm³/mol. The Morgan fingerprint density at radius 3 is 2.71 bits per heavy atom. The Bertz CT molecular complexity index is 781. The van der Waals surface area contributed by atoms with Crippen LogP contribution in [0.4, 0.5) is 5.82 Å². The molecule has 3 heterocycles. The maximum absolute atomic E-state index is 12.0. The fraction of sp³-hybridized carbons (Fsp3) is 0.500. The van der Waals surface area contributed by atoms with Crippen molar-refractivity contribution in [1.82, 2.24) is 15.3 Å². The van der Waals surface area contributed by atoms with Crippen LogP contribution in [0.2, 0.25) is 0 Å². The van der Waals surface area contributed by atoms with Crippen molar-refractivity contribution < 1.29 is 14.7 Å². The van der Waals surface area contributed by atoms with Crippen molar-refractivity contribution in [3.8, 4) is 0 Å². The number of carboxylic acids is 1. The standard InChI is InChI=1S/C16H20N4O3S/c1-9-10(2)24-16-13(9)14(18-8-19-16)20-5-3-11(4-6-20)15(23)17-7-12(21)22/h8,11H,3-7H2,1-2H3,(H,17,23)(H,21,22). The van der Waals surface area contributed by atoms with Crippen LogP contribution in [0, 0.1) is 19.8 Å². The van der Waals surface area contributed by atoms with Gasteiger partial charge < -0.3 is 15.3 Å². The van der Waals surface area contributed by atoms with E-state index in [9.17, 15) is 9.59 Å². The third-order valence-corrected chi connectivity index (χ3v) is 5.64. The Hall–Kier alpha value is -2.22. The van der Waals surface area contributed by atoms with E-state index < -0.39 is 5.97 Å². The Labute approximate surface area is 143 Å². The molecule has 2 aromatic heterocycles. The Morgan fingerprint density at radius 1 is 1.33 bits per heavy atom. The first-order valence-corrected chi connectivity index (χ1v) is 8.74. The molecular formula is C16H20N4O3S. The van der Waals surface area contributed by atoms with Crippen molar-refractivity contribution >= 4 is 39.2 Å². The lowest BCUT2D eigenvalue weighted by molar-refractivity contribution is -0.138. The summed E-state index contributed by atoms with van der Waals surface area (Å²) in [5.74, 6) is -0.394. The van der Waals surface area contributed by atoms with Gasteiger partial charge in [-0.1, -0.05) is 0 Å². The van der Waals surface area contributed by atoms with Gasteiger partial charge in [0.05, 0.1) is 5.39 Å². The molecule has 1 amide bonds. The second-order valence-corrected chi connectivity index (χ2v) is 7.24. The number of carboxylic acid groups (broad SMARTS) is 1. The highest BCUT2D eigenvalue weighted by atomic mass is 32.1. The van der Waals surface area contributed by atoms with Crippen molar-refractivity contribution in [3.63, 3.8) is 0 Å². The highest BCUT2D eigenvalue weighted by Gasteiger charge is 2.27. The van der Waals surface area contributed by atoms with Crippen molar-refractivity contribution in [2.45, 2.75) is 26.7 Å². The van der Waals surface area contributed by atoms with Crippen LogP contribution < -0.4 is 10.2 Å². The summed E-state index contributed by atoms with van der Waals surface area (Å²) >= 11 is 1.67. The van der Waals surface area contributed by atoms with Crippen LogP contribution in [-0.2, 0) is 9.59 Å². The van der Waals surface area contributed by atoms with Gasteiger partial charge in [0.15, 0.2) is 0 Å². The third kappa shape index (κ3) is 3.19. The van der Waals surface area contributed by atoms with Gasteiger partial charge in [0, 0.05) is 23.9 Å². The van der Waals surface area contributed by atoms with E-state index in [-0.39, 0.29) is 18.4 Å². The summed E-state index contributed by atoms with van der Waals surface area (Å²) in [7, 11) is 0. The highest BCUT2D eigenvalue weighted by Crippen LogP contribution is 2.35. The average Bonchev–Trinajstić information content (AvgIpc) is 2.87. The number of nitrogens with zero attached hydrogens (tertiary/aromatic N) is 3. The molecule has 8 heteroatoms. The molecule has 3 rings (SSSR count). The number of aromatic nitrogens is 2. The summed E-state index contributed by atoms with van der Waals surface area (Å²) in [5, 5.41) is 12.2. The molecule has 7 nitrogen and oxygen atoms in total. The SMILES string of the molecule is Cc1sc2ncnc(N3CCC(C(=O)NCC(=O)O)CC3)c2c1C. The largest absolute Gasteiger partial charge is 0.480 e. The zero-order valence-corrected chi connectivity index (χ0v) is 14.5. The molecule has 2 N–H and O–H groups in total. The van der Waals surface area contributed by atoms with E-state index in [0.717, 1.165) is 29.1 Å². The summed E-state index contributed by atoms with van der Waals surface area (Å²) in [6.45, 7) is 5.31. The number of carbonyl (C=O) groups excluding carboxylic acids is 1. The van der Waals surface area contributed by atoms with Gasteiger partial charge in [-0.3, -0.25) is 9.59 Å². The molecule has 0 bridgehead atoms. The minimum absolute atomic E-state index is 0.136. The van der Waals surface area contributed by atoms with Crippen LogP contribution in [0.5, 0.6) is 0 Å². The molecule has 1 aliphatic heterocycles. The van der Waals surface area contributed by atoms with E-state index in [1.807, 2.05) is 0 Å². The maximum Gasteiger partial charge on any atom is 0.322 e. The monoisotopic (exact) mass is 348 g/mol. The number of amides is 1. The fourth-order valence-corrected chi connectivity index (χ4v) is 4.06. The minimum atomic E-state index is -1.02. The van der Waals surface area contributed by atoms with Gasteiger partial charge in [-0.05, 0) is 32.3 Å². The smallest absolute Gasteiger partial charge is 0.322 e. The van der Waals surface area contributed by atoms with Crippen LogP contribution in [0.15, 0.2) is 6.33 Å². The number of rotatable bonds is 4. The summed E-state index contributed by atoms with van der Waals surface area (Å²) in [6.07, 6.45) is 2.98. The van der Waals surface area contributed by atoms with Crippen molar-refractivity contribution in [1.29, 1.82) is 0 Å². The number of fused-ring (bicyclic) bond motifs is 1. The Morgan fingerprint density at radius 2 is 2.04 bits per heavy atom. The highest BCUT2D eigenvalue weighted by molar-refractivity contribution is 7.18. The van der Waals surface area contributed by atoms with Gasteiger partial charge in [0.25, 0.3) is 0 Å². The predicted octanol–water partition coefficient (Wildman–Crippen LogP) is 1.73. The fourth-order valence-electron chi connectivity index (χ4n) is 3.06. The van der Waals surface area contributed by atoms with Crippen LogP contribution in [0.1, 0.15) is 23.3 Å². The van der Waals surface area contributed by atoms with Crippen LogP contribution in [0.25, 0.3) is 10.2 Å². The zero-order valence-electron chi connectivity index (χ0n) is 13.7. The third-order valence-electron chi connectivity index (χ3n) is 4.52. The summed E-state index contributed by atoms with van der Waals surface area (Å²) in [5.41, 5.74) is 1.21. The Balaban J connectivity index is 1.71. The number of anilines is 1. The number of piperidine rings is 1. The number of thiophene rings is 1. The first-order chi connectivity index (χ1) is 11.5. The minimum Gasteiger partial charge on any atom is -0.480 e. The van der Waals surface area contributed by atoms with Gasteiger partial charge in [0.1, 0.15) is 23.5 Å². The normalized spacial score (nSPS) is 15.7. The topological polar surface area (TPSA) is 95.4 Å². The molecule has 0 aliphatic carbocycles. The van der Waals surface area contributed by atoms with E-state index in [2.05, 4.69) is 34.0 Å². The Kier molecular flexibility index (Phi) is 4.66. The first kappa shape index (κ1) is 16.6. The summed E-state index contributed by atoms with van der Waals surface area (Å²) in [4.78, 5) is 35.8.